The van der Waals surface area contributed by atoms with Crippen LogP contribution in [0.25, 0.3) is 0 Å². The Labute approximate surface area is 133 Å². The van der Waals surface area contributed by atoms with Crippen molar-refractivity contribution in [2.75, 3.05) is 0 Å². The molecule has 0 saturated carbocycles. The molecule has 0 bridgehead atoms. The Morgan fingerprint density at radius 2 is 2.00 bits per heavy atom. The molecule has 0 fully saturated rings. The minimum absolute atomic E-state index is 0.406. The molecule has 2 aromatic carbocycles. The van der Waals surface area contributed by atoms with Crippen LogP contribution in [-0.2, 0) is 6.61 Å². The lowest BCUT2D eigenvalue weighted by atomic mass is 10.2. The van der Waals surface area contributed by atoms with Crippen molar-refractivity contribution in [3.63, 3.8) is 0 Å². The summed E-state index contributed by atoms with van der Waals surface area (Å²) in [5.74, 6) is 0.542. The van der Waals surface area contributed by atoms with E-state index in [-0.39, 0.29) is 0 Å². The maximum Gasteiger partial charge on any atom is 0.152 e. The van der Waals surface area contributed by atoms with Crippen LogP contribution in [0.4, 0.5) is 0 Å². The maximum atomic E-state index is 8.84. The van der Waals surface area contributed by atoms with Crippen LogP contribution in [0, 0.1) is 11.3 Å². The number of rotatable bonds is 3. The van der Waals surface area contributed by atoms with Gasteiger partial charge in [0.2, 0.25) is 0 Å². The lowest BCUT2D eigenvalue weighted by Gasteiger charge is -2.10. The summed E-state index contributed by atoms with van der Waals surface area (Å²) in [6.45, 7) is 0.406. The van der Waals surface area contributed by atoms with E-state index in [1.165, 1.54) is 0 Å². The molecular weight excluding hydrogens is 393 g/mol. The second-order valence-corrected chi connectivity index (χ2v) is 5.98. The largest absolute Gasteiger partial charge is 0.486 e. The van der Waals surface area contributed by atoms with Crippen molar-refractivity contribution in [3.05, 3.63) is 61.5 Å². The molecule has 0 aliphatic rings. The summed E-state index contributed by atoms with van der Waals surface area (Å²) in [5.41, 5.74) is 1.52. The van der Waals surface area contributed by atoms with E-state index < -0.39 is 0 Å². The van der Waals surface area contributed by atoms with Gasteiger partial charge < -0.3 is 4.74 Å². The van der Waals surface area contributed by atoms with Crippen molar-refractivity contribution < 1.29 is 4.74 Å². The Balaban J connectivity index is 2.18. The predicted octanol–water partition coefficient (Wildman–Crippen LogP) is 5.32. The van der Waals surface area contributed by atoms with E-state index in [0.717, 1.165) is 10.0 Å². The molecule has 0 N–H and O–H groups in total. The number of ether oxygens (including phenoxy) is 1. The first-order chi connectivity index (χ1) is 9.10. The molecule has 96 valence electrons. The smallest absolute Gasteiger partial charge is 0.152 e. The quantitative estimate of drug-likeness (QED) is 0.698. The van der Waals surface area contributed by atoms with Gasteiger partial charge in [0.15, 0.2) is 5.75 Å². The summed E-state index contributed by atoms with van der Waals surface area (Å²) >= 11 is 12.9. The third-order valence-electron chi connectivity index (χ3n) is 2.40. The van der Waals surface area contributed by atoms with Gasteiger partial charge in [-0.2, -0.15) is 5.26 Å². The Bertz CT molecular complexity index is 629. The number of halogens is 3. The van der Waals surface area contributed by atoms with Crippen LogP contribution in [0.5, 0.6) is 5.75 Å². The molecule has 2 rings (SSSR count). The molecule has 0 aromatic heterocycles. The standard InChI is InChI=1S/C14H8Br2ClNO/c15-11-3-1-2-9(4-11)8-19-14-12(16)5-10(7-18)6-13(14)17/h1-6H,8H2. The van der Waals surface area contributed by atoms with Gasteiger partial charge in [-0.15, -0.1) is 0 Å². The van der Waals surface area contributed by atoms with Crippen LogP contribution in [-0.4, -0.2) is 0 Å². The van der Waals surface area contributed by atoms with Gasteiger partial charge in [-0.25, -0.2) is 0 Å². The highest BCUT2D eigenvalue weighted by Crippen LogP contribution is 2.34. The molecular formula is C14H8Br2ClNO. The van der Waals surface area contributed by atoms with E-state index >= 15 is 0 Å². The van der Waals surface area contributed by atoms with Crippen molar-refractivity contribution in [1.82, 2.24) is 0 Å². The molecule has 5 heteroatoms. The highest BCUT2D eigenvalue weighted by Gasteiger charge is 2.09. The van der Waals surface area contributed by atoms with E-state index in [2.05, 4.69) is 31.9 Å². The fraction of sp³-hybridized carbons (Fsp3) is 0.0714. The van der Waals surface area contributed by atoms with E-state index in [1.807, 2.05) is 30.3 Å². The summed E-state index contributed by atoms with van der Waals surface area (Å²) in [4.78, 5) is 0. The summed E-state index contributed by atoms with van der Waals surface area (Å²) < 4.78 is 7.37. The molecule has 0 atom stereocenters. The summed E-state index contributed by atoms with van der Waals surface area (Å²) in [6, 6.07) is 13.2. The monoisotopic (exact) mass is 399 g/mol. The van der Waals surface area contributed by atoms with Crippen molar-refractivity contribution in [2.45, 2.75) is 6.61 Å². The van der Waals surface area contributed by atoms with Gasteiger partial charge in [-0.05, 0) is 45.8 Å². The summed E-state index contributed by atoms with van der Waals surface area (Å²) in [6.07, 6.45) is 0. The zero-order chi connectivity index (χ0) is 13.8. The molecule has 0 aliphatic heterocycles. The fourth-order valence-corrected chi connectivity index (χ4v) is 2.95. The highest BCUT2D eigenvalue weighted by atomic mass is 79.9. The van der Waals surface area contributed by atoms with Crippen LogP contribution < -0.4 is 4.74 Å². The zero-order valence-electron chi connectivity index (χ0n) is 9.66. The van der Waals surface area contributed by atoms with Crippen LogP contribution in [0.2, 0.25) is 5.02 Å². The molecule has 0 heterocycles. The van der Waals surface area contributed by atoms with Gasteiger partial charge in [0.1, 0.15) is 6.61 Å². The van der Waals surface area contributed by atoms with Crippen LogP contribution >= 0.6 is 43.5 Å². The number of nitriles is 1. The Morgan fingerprint density at radius 3 is 2.63 bits per heavy atom. The van der Waals surface area contributed by atoms with E-state index in [1.54, 1.807) is 12.1 Å². The van der Waals surface area contributed by atoms with Crippen molar-refractivity contribution in [1.29, 1.82) is 5.26 Å². The number of nitrogens with zero attached hydrogens (tertiary/aromatic N) is 1. The van der Waals surface area contributed by atoms with Crippen molar-refractivity contribution >= 4 is 43.5 Å². The summed E-state index contributed by atoms with van der Waals surface area (Å²) in [5, 5.41) is 9.26. The van der Waals surface area contributed by atoms with E-state index in [4.69, 9.17) is 21.6 Å². The van der Waals surface area contributed by atoms with Crippen molar-refractivity contribution in [3.8, 4) is 11.8 Å². The molecule has 19 heavy (non-hydrogen) atoms. The average Bonchev–Trinajstić information content (AvgIpc) is 2.37. The normalized spacial score (nSPS) is 10.0. The Hall–Kier alpha value is -1.02. The molecule has 0 spiro atoms. The average molecular weight is 401 g/mol. The second kappa shape index (κ2) is 6.42. The third-order valence-corrected chi connectivity index (χ3v) is 3.76. The first-order valence-corrected chi connectivity index (χ1v) is 7.33. The van der Waals surface area contributed by atoms with Gasteiger partial charge in [-0.1, -0.05) is 39.7 Å². The summed E-state index contributed by atoms with van der Waals surface area (Å²) in [7, 11) is 0. The second-order valence-electron chi connectivity index (χ2n) is 3.80. The number of hydrogen-bond donors (Lipinski definition) is 0. The van der Waals surface area contributed by atoms with Crippen molar-refractivity contribution in [2.24, 2.45) is 0 Å². The molecule has 0 radical (unpaired) electrons. The van der Waals surface area contributed by atoms with E-state index in [9.17, 15) is 0 Å². The third kappa shape index (κ3) is 3.73. The van der Waals surface area contributed by atoms with Gasteiger partial charge in [0.25, 0.3) is 0 Å². The van der Waals surface area contributed by atoms with E-state index in [0.29, 0.717) is 27.4 Å². The molecule has 2 nitrogen and oxygen atoms in total. The molecule has 0 aliphatic carbocycles. The van der Waals surface area contributed by atoms with Crippen LogP contribution in [0.1, 0.15) is 11.1 Å². The maximum absolute atomic E-state index is 8.84. The van der Waals surface area contributed by atoms with Gasteiger partial charge in [-0.3, -0.25) is 0 Å². The fourth-order valence-electron chi connectivity index (χ4n) is 1.54. The number of hydrogen-bond acceptors (Lipinski definition) is 2. The lowest BCUT2D eigenvalue weighted by Crippen LogP contribution is -1.97. The minimum Gasteiger partial charge on any atom is -0.486 e. The highest BCUT2D eigenvalue weighted by molar-refractivity contribution is 9.10. The molecule has 2 aromatic rings. The molecule has 0 saturated heterocycles. The Morgan fingerprint density at radius 1 is 1.21 bits per heavy atom. The first-order valence-electron chi connectivity index (χ1n) is 5.36. The van der Waals surface area contributed by atoms with Crippen LogP contribution in [0.15, 0.2) is 45.3 Å². The van der Waals surface area contributed by atoms with Gasteiger partial charge in [0, 0.05) is 4.47 Å². The first kappa shape index (κ1) is 14.4. The Kier molecular flexibility index (Phi) is 4.87. The SMILES string of the molecule is N#Cc1cc(Cl)c(OCc2cccc(Br)c2)c(Br)c1. The lowest BCUT2D eigenvalue weighted by molar-refractivity contribution is 0.304. The number of benzene rings is 2. The molecule has 0 unspecified atom stereocenters. The molecule has 0 amide bonds. The minimum atomic E-state index is 0.406. The van der Waals surface area contributed by atoms with Crippen LogP contribution in [0.3, 0.4) is 0 Å². The van der Waals surface area contributed by atoms with Gasteiger partial charge in [0.05, 0.1) is 21.1 Å². The predicted molar refractivity (Wildman–Crippen MR) is 82.3 cm³/mol. The topological polar surface area (TPSA) is 33.0 Å². The van der Waals surface area contributed by atoms with Gasteiger partial charge >= 0.3 is 0 Å². The zero-order valence-corrected chi connectivity index (χ0v) is 13.6.